The van der Waals surface area contributed by atoms with Gasteiger partial charge < -0.3 is 10.2 Å². The van der Waals surface area contributed by atoms with Crippen molar-refractivity contribution in [3.05, 3.63) is 23.5 Å². The number of fused-ring (bicyclic) bond motifs is 1. The van der Waals surface area contributed by atoms with Crippen LogP contribution in [0.15, 0.2) is 18.3 Å². The molecule has 3 rings (SSSR count). The molecule has 0 aliphatic carbocycles. The lowest BCUT2D eigenvalue weighted by molar-refractivity contribution is 0.578. The second kappa shape index (κ2) is 4.78. The van der Waals surface area contributed by atoms with Crippen molar-refractivity contribution < 1.29 is 0 Å². The molecule has 1 aromatic rings. The van der Waals surface area contributed by atoms with Crippen LogP contribution >= 0.6 is 24.0 Å². The van der Waals surface area contributed by atoms with Gasteiger partial charge in [0.25, 0.3) is 0 Å². The maximum absolute atomic E-state index is 5.79. The summed E-state index contributed by atoms with van der Waals surface area (Å²) in [6, 6.07) is 4.59. The Bertz CT molecular complexity index is 355. The number of pyridine rings is 1. The molecule has 2 unspecified atom stereocenters. The standard InChI is InChI=1S/C11H14ClN3.ClH/c12-11-2-1-9(6-14-11)15-4-3-8-5-13-7-10(8)15;/h1-2,6,8,10,13H,3-5,7H2;1H. The van der Waals surface area contributed by atoms with Gasteiger partial charge in [0, 0.05) is 25.7 Å². The number of hydrogen-bond donors (Lipinski definition) is 1. The lowest BCUT2D eigenvalue weighted by atomic mass is 10.1. The highest BCUT2D eigenvalue weighted by atomic mass is 35.5. The van der Waals surface area contributed by atoms with Crippen molar-refractivity contribution in [2.75, 3.05) is 24.5 Å². The summed E-state index contributed by atoms with van der Waals surface area (Å²) in [6.45, 7) is 3.43. The zero-order valence-corrected chi connectivity index (χ0v) is 10.5. The molecule has 0 spiro atoms. The van der Waals surface area contributed by atoms with Gasteiger partial charge in [-0.3, -0.25) is 0 Å². The van der Waals surface area contributed by atoms with E-state index in [0.717, 1.165) is 19.0 Å². The summed E-state index contributed by atoms with van der Waals surface area (Å²) in [6.07, 6.45) is 3.17. The van der Waals surface area contributed by atoms with Crippen molar-refractivity contribution >= 4 is 29.7 Å². The average molecular weight is 260 g/mol. The number of aromatic nitrogens is 1. The third-order valence-electron chi connectivity index (χ3n) is 3.49. The van der Waals surface area contributed by atoms with E-state index in [4.69, 9.17) is 11.6 Å². The van der Waals surface area contributed by atoms with E-state index in [9.17, 15) is 0 Å². The summed E-state index contributed by atoms with van der Waals surface area (Å²) in [5.41, 5.74) is 1.20. The van der Waals surface area contributed by atoms with Crippen LogP contribution in [0, 0.1) is 5.92 Å². The summed E-state index contributed by atoms with van der Waals surface area (Å²) >= 11 is 5.79. The molecule has 5 heteroatoms. The summed E-state index contributed by atoms with van der Waals surface area (Å²) in [5, 5.41) is 4.02. The fraction of sp³-hybridized carbons (Fsp3) is 0.545. The molecule has 3 heterocycles. The minimum atomic E-state index is 0. The minimum Gasteiger partial charge on any atom is -0.366 e. The molecule has 2 fully saturated rings. The average Bonchev–Trinajstić information content (AvgIpc) is 2.80. The molecule has 2 atom stereocenters. The first kappa shape index (κ1) is 12.0. The van der Waals surface area contributed by atoms with Crippen LogP contribution in [0.5, 0.6) is 0 Å². The molecule has 0 aromatic carbocycles. The van der Waals surface area contributed by atoms with E-state index in [2.05, 4.69) is 21.3 Å². The largest absolute Gasteiger partial charge is 0.366 e. The Morgan fingerprint density at radius 3 is 3.00 bits per heavy atom. The van der Waals surface area contributed by atoms with Crippen LogP contribution < -0.4 is 10.2 Å². The van der Waals surface area contributed by atoms with Crippen LogP contribution in [0.2, 0.25) is 5.15 Å². The number of nitrogens with zero attached hydrogens (tertiary/aromatic N) is 2. The summed E-state index contributed by atoms with van der Waals surface area (Å²) in [5.74, 6) is 0.820. The van der Waals surface area contributed by atoms with E-state index in [1.54, 1.807) is 0 Å². The van der Waals surface area contributed by atoms with Crippen molar-refractivity contribution in [3.63, 3.8) is 0 Å². The molecule has 0 bridgehead atoms. The summed E-state index contributed by atoms with van der Waals surface area (Å²) in [4.78, 5) is 6.59. The molecule has 2 aliphatic rings. The van der Waals surface area contributed by atoms with E-state index < -0.39 is 0 Å². The van der Waals surface area contributed by atoms with Gasteiger partial charge in [0.05, 0.1) is 11.9 Å². The molecule has 1 N–H and O–H groups in total. The van der Waals surface area contributed by atoms with Crippen LogP contribution in [-0.2, 0) is 0 Å². The van der Waals surface area contributed by atoms with Gasteiger partial charge in [0.1, 0.15) is 5.15 Å². The Kier molecular flexibility index (Phi) is 3.57. The van der Waals surface area contributed by atoms with Crippen LogP contribution in [0.4, 0.5) is 5.69 Å². The Hall–Kier alpha value is -0.510. The Balaban J connectivity index is 0.000000963. The normalized spacial score (nSPS) is 27.7. The third kappa shape index (κ3) is 1.99. The van der Waals surface area contributed by atoms with Crippen LogP contribution in [0.25, 0.3) is 0 Å². The summed E-state index contributed by atoms with van der Waals surface area (Å²) < 4.78 is 0. The fourth-order valence-corrected chi connectivity index (χ4v) is 2.82. The first-order valence-corrected chi connectivity index (χ1v) is 5.81. The Morgan fingerprint density at radius 1 is 1.38 bits per heavy atom. The molecule has 88 valence electrons. The van der Waals surface area contributed by atoms with E-state index in [1.807, 2.05) is 12.3 Å². The molecule has 0 saturated carbocycles. The lowest BCUT2D eigenvalue weighted by Crippen LogP contribution is -2.34. The van der Waals surface area contributed by atoms with Crippen LogP contribution in [0.1, 0.15) is 6.42 Å². The SMILES string of the molecule is Cl.Clc1ccc(N2CCC3CNCC32)cn1. The molecule has 0 amide bonds. The van der Waals surface area contributed by atoms with Crippen LogP contribution in [-0.4, -0.2) is 30.7 Å². The highest BCUT2D eigenvalue weighted by molar-refractivity contribution is 6.29. The van der Waals surface area contributed by atoms with Gasteiger partial charge in [0.15, 0.2) is 0 Å². The Morgan fingerprint density at radius 2 is 2.25 bits per heavy atom. The van der Waals surface area contributed by atoms with Gasteiger partial charge in [-0.05, 0) is 24.5 Å². The number of nitrogens with one attached hydrogen (secondary N) is 1. The molecule has 1 aromatic heterocycles. The molecule has 2 aliphatic heterocycles. The second-order valence-corrected chi connectivity index (χ2v) is 4.69. The van der Waals surface area contributed by atoms with E-state index in [1.165, 1.54) is 18.7 Å². The molecule has 16 heavy (non-hydrogen) atoms. The lowest BCUT2D eigenvalue weighted by Gasteiger charge is -2.25. The van der Waals surface area contributed by atoms with E-state index >= 15 is 0 Å². The van der Waals surface area contributed by atoms with Gasteiger partial charge in [-0.15, -0.1) is 12.4 Å². The van der Waals surface area contributed by atoms with Gasteiger partial charge in [-0.2, -0.15) is 0 Å². The quantitative estimate of drug-likeness (QED) is 0.782. The number of hydrogen-bond acceptors (Lipinski definition) is 3. The minimum absolute atomic E-state index is 0. The molecule has 3 nitrogen and oxygen atoms in total. The highest BCUT2D eigenvalue weighted by Crippen LogP contribution is 2.31. The first-order valence-electron chi connectivity index (χ1n) is 5.43. The molecule has 2 saturated heterocycles. The topological polar surface area (TPSA) is 28.2 Å². The molecular weight excluding hydrogens is 245 g/mol. The maximum Gasteiger partial charge on any atom is 0.129 e. The number of rotatable bonds is 1. The van der Waals surface area contributed by atoms with Crippen molar-refractivity contribution in [2.45, 2.75) is 12.5 Å². The van der Waals surface area contributed by atoms with Crippen LogP contribution in [0.3, 0.4) is 0 Å². The van der Waals surface area contributed by atoms with Gasteiger partial charge >= 0.3 is 0 Å². The molecule has 0 radical (unpaired) electrons. The van der Waals surface area contributed by atoms with Gasteiger partial charge in [-0.25, -0.2) is 4.98 Å². The van der Waals surface area contributed by atoms with Crippen molar-refractivity contribution in [3.8, 4) is 0 Å². The Labute approximate surface area is 107 Å². The maximum atomic E-state index is 5.79. The van der Waals surface area contributed by atoms with Crippen molar-refractivity contribution in [1.29, 1.82) is 0 Å². The van der Waals surface area contributed by atoms with Gasteiger partial charge in [0.2, 0.25) is 0 Å². The van der Waals surface area contributed by atoms with Crippen molar-refractivity contribution in [2.24, 2.45) is 5.92 Å². The predicted octanol–water partition coefficient (Wildman–Crippen LogP) is 1.95. The number of halogens is 2. The van der Waals surface area contributed by atoms with Gasteiger partial charge in [-0.1, -0.05) is 11.6 Å². The van der Waals surface area contributed by atoms with Crippen molar-refractivity contribution in [1.82, 2.24) is 10.3 Å². The smallest absolute Gasteiger partial charge is 0.129 e. The third-order valence-corrected chi connectivity index (χ3v) is 3.71. The zero-order chi connectivity index (χ0) is 10.3. The monoisotopic (exact) mass is 259 g/mol. The molecular formula is C11H15Cl2N3. The zero-order valence-electron chi connectivity index (χ0n) is 8.90. The van der Waals surface area contributed by atoms with E-state index in [-0.39, 0.29) is 12.4 Å². The first-order chi connectivity index (χ1) is 7.34. The number of anilines is 1. The second-order valence-electron chi connectivity index (χ2n) is 4.31. The summed E-state index contributed by atoms with van der Waals surface area (Å²) in [7, 11) is 0. The highest BCUT2D eigenvalue weighted by Gasteiger charge is 2.37. The fourth-order valence-electron chi connectivity index (χ4n) is 2.71. The van der Waals surface area contributed by atoms with E-state index in [0.29, 0.717) is 11.2 Å². The predicted molar refractivity (Wildman–Crippen MR) is 68.6 cm³/mol.